The Balaban J connectivity index is 1.34. The predicted octanol–water partition coefficient (Wildman–Crippen LogP) is 9.94. The largest absolute Gasteiger partial charge is 0.494 e. The molecule has 252 valence electrons. The highest BCUT2D eigenvalue weighted by atomic mass is 16.7. The maximum Gasteiger partial charge on any atom is 0.494 e. The highest BCUT2D eigenvalue weighted by Gasteiger charge is 2.51. The molecule has 52 heavy (non-hydrogen) atoms. The molecule has 0 aliphatic carbocycles. The van der Waals surface area contributed by atoms with E-state index in [9.17, 15) is 0 Å². The van der Waals surface area contributed by atoms with Crippen LogP contribution in [0.4, 0.5) is 0 Å². The summed E-state index contributed by atoms with van der Waals surface area (Å²) < 4.78 is 15.5. The van der Waals surface area contributed by atoms with Gasteiger partial charge in [-0.05, 0) is 68.6 Å². The molecule has 0 atom stereocenters. The summed E-state index contributed by atoms with van der Waals surface area (Å²) in [5.41, 5.74) is 8.05. The van der Waals surface area contributed by atoms with E-state index in [1.165, 1.54) is 21.9 Å². The van der Waals surface area contributed by atoms with Crippen LogP contribution in [-0.2, 0) is 9.31 Å². The lowest BCUT2D eigenvalue weighted by atomic mass is 9.78. The standard InChI is InChI=1S/C45H37BN4O2/c1-44(2)45(3,4)52-46(51-44)33-27-28-38(50-37-25-15-14-23-35(37)40-34(24-16-26-39(40)50)30-17-8-5-9-18-30)36(29-33)43-48-41(31-19-10-6-11-20-31)47-42(49-43)32-21-12-7-13-22-32/h5-29H,1-4H3. The summed E-state index contributed by atoms with van der Waals surface area (Å²) in [6, 6.07) is 52.3. The molecule has 1 fully saturated rings. The second kappa shape index (κ2) is 12.4. The van der Waals surface area contributed by atoms with Crippen molar-refractivity contribution in [3.8, 4) is 51.0 Å². The summed E-state index contributed by atoms with van der Waals surface area (Å²) in [6.07, 6.45) is 0. The molecule has 3 heterocycles. The zero-order valence-electron chi connectivity index (χ0n) is 29.6. The number of rotatable bonds is 6. The van der Waals surface area contributed by atoms with Crippen molar-refractivity contribution in [3.05, 3.63) is 152 Å². The van der Waals surface area contributed by atoms with Gasteiger partial charge in [-0.2, -0.15) is 0 Å². The first kappa shape index (κ1) is 32.1. The van der Waals surface area contributed by atoms with E-state index in [4.69, 9.17) is 24.3 Å². The average Bonchev–Trinajstić information content (AvgIpc) is 3.64. The van der Waals surface area contributed by atoms with Crippen LogP contribution >= 0.6 is 0 Å². The molecule has 2 aromatic heterocycles. The number of hydrogen-bond acceptors (Lipinski definition) is 5. The monoisotopic (exact) mass is 676 g/mol. The number of hydrogen-bond donors (Lipinski definition) is 0. The first-order chi connectivity index (χ1) is 25.3. The first-order valence-corrected chi connectivity index (χ1v) is 17.7. The summed E-state index contributed by atoms with van der Waals surface area (Å²) >= 11 is 0. The zero-order valence-corrected chi connectivity index (χ0v) is 29.6. The zero-order chi connectivity index (χ0) is 35.5. The van der Waals surface area contributed by atoms with E-state index in [0.717, 1.165) is 38.9 Å². The van der Waals surface area contributed by atoms with Gasteiger partial charge in [0.25, 0.3) is 0 Å². The molecule has 7 heteroatoms. The van der Waals surface area contributed by atoms with Crippen molar-refractivity contribution in [3.63, 3.8) is 0 Å². The third-order valence-electron chi connectivity index (χ3n) is 10.5. The van der Waals surface area contributed by atoms with E-state index < -0.39 is 18.3 Å². The van der Waals surface area contributed by atoms with Crippen LogP contribution in [0.2, 0.25) is 0 Å². The van der Waals surface area contributed by atoms with Crippen molar-refractivity contribution in [2.24, 2.45) is 0 Å². The molecule has 0 saturated carbocycles. The Kier molecular flexibility index (Phi) is 7.65. The van der Waals surface area contributed by atoms with E-state index >= 15 is 0 Å². The van der Waals surface area contributed by atoms with Gasteiger partial charge in [-0.15, -0.1) is 0 Å². The molecule has 1 aliphatic heterocycles. The van der Waals surface area contributed by atoms with Crippen molar-refractivity contribution in [1.29, 1.82) is 0 Å². The molecule has 0 amide bonds. The second-order valence-electron chi connectivity index (χ2n) is 14.3. The number of fused-ring (bicyclic) bond motifs is 3. The van der Waals surface area contributed by atoms with Crippen LogP contribution in [0.25, 0.3) is 72.8 Å². The van der Waals surface area contributed by atoms with Crippen molar-refractivity contribution < 1.29 is 9.31 Å². The summed E-state index contributed by atoms with van der Waals surface area (Å²) in [7, 11) is -0.565. The van der Waals surface area contributed by atoms with Gasteiger partial charge in [0.1, 0.15) is 0 Å². The lowest BCUT2D eigenvalue weighted by Gasteiger charge is -2.32. The van der Waals surface area contributed by atoms with Crippen LogP contribution in [0.5, 0.6) is 0 Å². The van der Waals surface area contributed by atoms with E-state index in [0.29, 0.717) is 17.5 Å². The minimum Gasteiger partial charge on any atom is -0.399 e. The first-order valence-electron chi connectivity index (χ1n) is 17.7. The molecule has 9 rings (SSSR count). The summed E-state index contributed by atoms with van der Waals surface area (Å²) in [6.45, 7) is 8.31. The topological polar surface area (TPSA) is 62.1 Å². The van der Waals surface area contributed by atoms with Crippen LogP contribution in [0.15, 0.2) is 152 Å². The molecule has 0 N–H and O–H groups in total. The summed E-state index contributed by atoms with van der Waals surface area (Å²) in [4.78, 5) is 15.4. The minimum atomic E-state index is -0.565. The Morgan fingerprint density at radius 1 is 0.481 bits per heavy atom. The van der Waals surface area contributed by atoms with Crippen molar-refractivity contribution in [2.45, 2.75) is 38.9 Å². The molecule has 6 nitrogen and oxygen atoms in total. The third kappa shape index (κ3) is 5.41. The lowest BCUT2D eigenvalue weighted by Crippen LogP contribution is -2.41. The van der Waals surface area contributed by atoms with E-state index in [1.807, 2.05) is 60.7 Å². The number of aromatic nitrogens is 4. The van der Waals surface area contributed by atoms with Gasteiger partial charge in [-0.1, -0.05) is 127 Å². The van der Waals surface area contributed by atoms with Crippen LogP contribution in [0.3, 0.4) is 0 Å². The fraction of sp³-hybridized carbons (Fsp3) is 0.133. The highest BCUT2D eigenvalue weighted by molar-refractivity contribution is 6.62. The Labute approximate surface area is 303 Å². The maximum atomic E-state index is 6.58. The lowest BCUT2D eigenvalue weighted by molar-refractivity contribution is 0.00578. The third-order valence-corrected chi connectivity index (χ3v) is 10.5. The SMILES string of the molecule is CC1(C)OB(c2ccc(-n3c4ccccc4c4c(-c5ccccc5)cccc43)c(-c3nc(-c4ccccc4)nc(-c4ccccc4)n3)c2)OC1(C)C. The molecule has 0 unspecified atom stereocenters. The fourth-order valence-corrected chi connectivity index (χ4v) is 7.12. The molecular formula is C45H37BN4O2. The van der Waals surface area contributed by atoms with E-state index in [2.05, 4.69) is 123 Å². The molecule has 6 aromatic carbocycles. The van der Waals surface area contributed by atoms with Crippen molar-refractivity contribution in [2.75, 3.05) is 0 Å². The summed E-state index contributed by atoms with van der Waals surface area (Å²) in [5, 5.41) is 2.36. The average molecular weight is 677 g/mol. The normalized spacial score (nSPS) is 15.0. The minimum absolute atomic E-state index is 0.495. The molecule has 1 aliphatic rings. The second-order valence-corrected chi connectivity index (χ2v) is 14.3. The summed E-state index contributed by atoms with van der Waals surface area (Å²) in [5.74, 6) is 1.77. The number of nitrogens with zero attached hydrogens (tertiary/aromatic N) is 4. The molecule has 1 saturated heterocycles. The predicted molar refractivity (Wildman–Crippen MR) is 212 cm³/mol. The quantitative estimate of drug-likeness (QED) is 0.164. The van der Waals surface area contributed by atoms with Gasteiger partial charge in [0, 0.05) is 27.5 Å². The Hall–Kier alpha value is -5.89. The highest BCUT2D eigenvalue weighted by Crippen LogP contribution is 2.41. The van der Waals surface area contributed by atoms with Gasteiger partial charge in [-0.3, -0.25) is 0 Å². The Morgan fingerprint density at radius 3 is 1.62 bits per heavy atom. The maximum absolute atomic E-state index is 6.58. The van der Waals surface area contributed by atoms with Gasteiger partial charge in [0.05, 0.1) is 27.9 Å². The fourth-order valence-electron chi connectivity index (χ4n) is 7.12. The van der Waals surface area contributed by atoms with Gasteiger partial charge >= 0.3 is 7.12 Å². The Bertz CT molecular complexity index is 2510. The van der Waals surface area contributed by atoms with Crippen molar-refractivity contribution in [1.82, 2.24) is 19.5 Å². The molecule has 0 bridgehead atoms. The van der Waals surface area contributed by atoms with Gasteiger partial charge in [-0.25, -0.2) is 15.0 Å². The molecule has 0 spiro atoms. The number of para-hydroxylation sites is 1. The number of benzene rings is 6. The van der Waals surface area contributed by atoms with Gasteiger partial charge in [0.15, 0.2) is 17.5 Å². The van der Waals surface area contributed by atoms with E-state index in [1.54, 1.807) is 0 Å². The van der Waals surface area contributed by atoms with Crippen LogP contribution in [-0.4, -0.2) is 37.8 Å². The smallest absolute Gasteiger partial charge is 0.399 e. The Morgan fingerprint density at radius 2 is 1.00 bits per heavy atom. The van der Waals surface area contributed by atoms with Crippen molar-refractivity contribution >= 4 is 34.4 Å². The van der Waals surface area contributed by atoms with E-state index in [-0.39, 0.29) is 0 Å². The van der Waals surface area contributed by atoms with Crippen LogP contribution < -0.4 is 5.46 Å². The molecule has 0 radical (unpaired) electrons. The van der Waals surface area contributed by atoms with Gasteiger partial charge in [0.2, 0.25) is 0 Å². The van der Waals surface area contributed by atoms with Gasteiger partial charge < -0.3 is 13.9 Å². The van der Waals surface area contributed by atoms with Crippen LogP contribution in [0.1, 0.15) is 27.7 Å². The molecular weight excluding hydrogens is 639 g/mol. The van der Waals surface area contributed by atoms with Crippen LogP contribution in [0, 0.1) is 0 Å². The molecule has 8 aromatic rings.